The van der Waals surface area contributed by atoms with Crippen LogP contribution in [0.5, 0.6) is 0 Å². The van der Waals surface area contributed by atoms with E-state index in [0.29, 0.717) is 11.4 Å². The average molecular weight is 187 g/mol. The molecule has 1 heterocycles. The van der Waals surface area contributed by atoms with Crippen molar-refractivity contribution in [3.8, 4) is 6.07 Å². The molecule has 0 fully saturated rings. The van der Waals surface area contributed by atoms with Gasteiger partial charge in [-0.3, -0.25) is 0 Å². The number of nitrogens with zero attached hydrogens (tertiary/aromatic N) is 2. The average Bonchev–Trinajstić information content (AvgIpc) is 2.18. The second kappa shape index (κ2) is 3.30. The second-order valence-electron chi connectivity index (χ2n) is 3.74. The van der Waals surface area contributed by atoms with Crippen molar-refractivity contribution >= 4 is 5.82 Å². The smallest absolute Gasteiger partial charge is 0.141 e. The van der Waals surface area contributed by atoms with Crippen molar-refractivity contribution in [1.82, 2.24) is 4.98 Å². The lowest BCUT2D eigenvalue weighted by Gasteiger charge is -2.18. The molecule has 14 heavy (non-hydrogen) atoms. The molecule has 3 nitrogen and oxygen atoms in total. The summed E-state index contributed by atoms with van der Waals surface area (Å²) in [6.07, 6.45) is 4.43. The Balaban J connectivity index is 2.65. The third kappa shape index (κ3) is 1.24. The van der Waals surface area contributed by atoms with Gasteiger partial charge in [-0.25, -0.2) is 4.98 Å². The van der Waals surface area contributed by atoms with Crippen molar-refractivity contribution < 1.29 is 0 Å². The molecule has 0 atom stereocenters. The van der Waals surface area contributed by atoms with Crippen LogP contribution in [0.15, 0.2) is 0 Å². The monoisotopic (exact) mass is 187 g/mol. The van der Waals surface area contributed by atoms with E-state index in [0.717, 1.165) is 24.1 Å². The molecule has 0 bridgehead atoms. The molecule has 2 rings (SSSR count). The Kier molecular flexibility index (Phi) is 2.12. The van der Waals surface area contributed by atoms with Crippen LogP contribution in [-0.2, 0) is 12.8 Å². The number of nitrogen functional groups attached to an aromatic ring is 1. The molecule has 0 saturated carbocycles. The quantitative estimate of drug-likeness (QED) is 0.672. The maximum Gasteiger partial charge on any atom is 0.141 e. The van der Waals surface area contributed by atoms with Crippen molar-refractivity contribution in [2.45, 2.75) is 32.6 Å². The van der Waals surface area contributed by atoms with E-state index in [1.807, 2.05) is 6.92 Å². The van der Waals surface area contributed by atoms with Crippen molar-refractivity contribution in [3.05, 3.63) is 22.4 Å². The van der Waals surface area contributed by atoms with E-state index in [-0.39, 0.29) is 0 Å². The summed E-state index contributed by atoms with van der Waals surface area (Å²) in [6, 6.07) is 2.13. The Hall–Kier alpha value is -1.56. The van der Waals surface area contributed by atoms with Crippen molar-refractivity contribution in [2.24, 2.45) is 0 Å². The minimum Gasteiger partial charge on any atom is -0.383 e. The molecule has 0 spiro atoms. The van der Waals surface area contributed by atoms with Gasteiger partial charge in [0.05, 0.1) is 5.56 Å². The molecule has 1 aromatic heterocycles. The predicted octanol–water partition coefficient (Wildman–Crippen LogP) is 1.72. The molecule has 0 aromatic carbocycles. The van der Waals surface area contributed by atoms with Gasteiger partial charge in [0, 0.05) is 5.69 Å². The van der Waals surface area contributed by atoms with Crippen LogP contribution in [0.25, 0.3) is 0 Å². The summed E-state index contributed by atoms with van der Waals surface area (Å²) in [5, 5.41) is 8.93. The van der Waals surface area contributed by atoms with Gasteiger partial charge in [0.15, 0.2) is 0 Å². The molecule has 0 amide bonds. The third-order valence-corrected chi connectivity index (χ3v) is 2.89. The van der Waals surface area contributed by atoms with Crippen LogP contribution in [0, 0.1) is 18.3 Å². The number of rotatable bonds is 0. The standard InChI is InChI=1S/C11H13N3/c1-7-8-4-2-3-5-10(8)14-11(13)9(7)6-12/h2-5H2,1H3,(H2,13,14). The molecular formula is C11H13N3. The lowest BCUT2D eigenvalue weighted by atomic mass is 9.90. The molecular weight excluding hydrogens is 174 g/mol. The lowest BCUT2D eigenvalue weighted by molar-refractivity contribution is 0.664. The van der Waals surface area contributed by atoms with Gasteiger partial charge >= 0.3 is 0 Å². The summed E-state index contributed by atoms with van der Waals surface area (Å²) in [7, 11) is 0. The molecule has 0 aliphatic heterocycles. The van der Waals surface area contributed by atoms with Crippen LogP contribution in [0.3, 0.4) is 0 Å². The molecule has 0 saturated heterocycles. The van der Waals surface area contributed by atoms with Crippen molar-refractivity contribution in [1.29, 1.82) is 5.26 Å². The predicted molar refractivity (Wildman–Crippen MR) is 54.7 cm³/mol. The SMILES string of the molecule is Cc1c(C#N)c(N)nc2c1CCCC2. The van der Waals surface area contributed by atoms with E-state index in [4.69, 9.17) is 11.0 Å². The van der Waals surface area contributed by atoms with E-state index < -0.39 is 0 Å². The fourth-order valence-corrected chi connectivity index (χ4v) is 2.10. The topological polar surface area (TPSA) is 62.7 Å². The molecule has 0 unspecified atom stereocenters. The van der Waals surface area contributed by atoms with Gasteiger partial charge < -0.3 is 5.73 Å². The molecule has 3 heteroatoms. The number of hydrogen-bond donors (Lipinski definition) is 1. The van der Waals surface area contributed by atoms with E-state index in [1.165, 1.54) is 18.4 Å². The summed E-state index contributed by atoms with van der Waals surface area (Å²) < 4.78 is 0. The van der Waals surface area contributed by atoms with E-state index in [1.54, 1.807) is 0 Å². The third-order valence-electron chi connectivity index (χ3n) is 2.89. The molecule has 1 aliphatic rings. The first kappa shape index (κ1) is 9.01. The highest BCUT2D eigenvalue weighted by Crippen LogP contribution is 2.27. The first-order valence-electron chi connectivity index (χ1n) is 4.92. The highest BCUT2D eigenvalue weighted by Gasteiger charge is 2.17. The minimum atomic E-state index is 0.394. The fourth-order valence-electron chi connectivity index (χ4n) is 2.10. The molecule has 1 aliphatic carbocycles. The number of aromatic nitrogens is 1. The number of nitriles is 1. The van der Waals surface area contributed by atoms with Crippen LogP contribution < -0.4 is 5.73 Å². The summed E-state index contributed by atoms with van der Waals surface area (Å²) in [4.78, 5) is 4.30. The molecule has 2 N–H and O–H groups in total. The van der Waals surface area contributed by atoms with Gasteiger partial charge in [-0.05, 0) is 43.7 Å². The van der Waals surface area contributed by atoms with Gasteiger partial charge in [-0.15, -0.1) is 0 Å². The number of fused-ring (bicyclic) bond motifs is 1. The summed E-state index contributed by atoms with van der Waals surface area (Å²) >= 11 is 0. The Morgan fingerprint density at radius 1 is 1.36 bits per heavy atom. The van der Waals surface area contributed by atoms with E-state index in [2.05, 4.69) is 11.1 Å². The molecule has 72 valence electrons. The highest BCUT2D eigenvalue weighted by atomic mass is 14.9. The van der Waals surface area contributed by atoms with Gasteiger partial charge in [0.1, 0.15) is 11.9 Å². The molecule has 0 radical (unpaired) electrons. The van der Waals surface area contributed by atoms with Crippen molar-refractivity contribution in [2.75, 3.05) is 5.73 Å². The van der Waals surface area contributed by atoms with Gasteiger partial charge in [-0.1, -0.05) is 0 Å². The van der Waals surface area contributed by atoms with E-state index in [9.17, 15) is 0 Å². The van der Waals surface area contributed by atoms with Crippen LogP contribution >= 0.6 is 0 Å². The van der Waals surface area contributed by atoms with Gasteiger partial charge in [0.25, 0.3) is 0 Å². The Morgan fingerprint density at radius 2 is 2.07 bits per heavy atom. The zero-order valence-corrected chi connectivity index (χ0v) is 8.30. The highest BCUT2D eigenvalue weighted by molar-refractivity contribution is 5.57. The van der Waals surface area contributed by atoms with E-state index >= 15 is 0 Å². The Morgan fingerprint density at radius 3 is 2.79 bits per heavy atom. The van der Waals surface area contributed by atoms with Gasteiger partial charge in [-0.2, -0.15) is 5.26 Å². The molecule has 1 aromatic rings. The van der Waals surface area contributed by atoms with Crippen molar-refractivity contribution in [3.63, 3.8) is 0 Å². The fraction of sp³-hybridized carbons (Fsp3) is 0.455. The first-order chi connectivity index (χ1) is 6.74. The van der Waals surface area contributed by atoms with Crippen LogP contribution in [0.1, 0.15) is 35.2 Å². The lowest BCUT2D eigenvalue weighted by Crippen LogP contribution is -2.11. The van der Waals surface area contributed by atoms with Crippen LogP contribution in [0.2, 0.25) is 0 Å². The summed E-state index contributed by atoms with van der Waals surface area (Å²) in [5.41, 5.74) is 9.67. The normalized spacial score (nSPS) is 14.6. The number of nitrogens with two attached hydrogens (primary N) is 1. The zero-order chi connectivity index (χ0) is 10.1. The van der Waals surface area contributed by atoms with Crippen LogP contribution in [-0.4, -0.2) is 4.98 Å². The summed E-state index contributed by atoms with van der Waals surface area (Å²) in [6.45, 7) is 1.97. The Bertz CT molecular complexity index is 416. The number of hydrogen-bond acceptors (Lipinski definition) is 3. The number of anilines is 1. The maximum atomic E-state index is 8.93. The Labute approximate surface area is 83.6 Å². The maximum absolute atomic E-state index is 8.93. The minimum absolute atomic E-state index is 0.394. The largest absolute Gasteiger partial charge is 0.383 e. The van der Waals surface area contributed by atoms with Gasteiger partial charge in [0.2, 0.25) is 0 Å². The van der Waals surface area contributed by atoms with Crippen LogP contribution in [0.4, 0.5) is 5.82 Å². The number of pyridine rings is 1. The zero-order valence-electron chi connectivity index (χ0n) is 8.30. The first-order valence-corrected chi connectivity index (χ1v) is 4.92. The number of aryl methyl sites for hydroxylation is 1. The second-order valence-corrected chi connectivity index (χ2v) is 3.74. The summed E-state index contributed by atoms with van der Waals surface area (Å²) in [5.74, 6) is 0.394.